The Labute approximate surface area is 128 Å². The summed E-state index contributed by atoms with van der Waals surface area (Å²) in [6.07, 6.45) is 1.36. The second-order valence-corrected chi connectivity index (χ2v) is 5.64. The molecule has 2 rings (SSSR count). The van der Waals surface area contributed by atoms with Crippen molar-refractivity contribution in [2.24, 2.45) is 0 Å². The molecule has 1 aromatic carbocycles. The number of carbonyl (C=O) groups excluding carboxylic acids is 1. The minimum atomic E-state index is -1.60. The van der Waals surface area contributed by atoms with Crippen molar-refractivity contribution in [1.82, 2.24) is 4.98 Å². The molecule has 7 nitrogen and oxygen atoms in total. The van der Waals surface area contributed by atoms with Gasteiger partial charge in [0.15, 0.2) is 0 Å². The fraction of sp³-hybridized carbons (Fsp3) is 0.286. The lowest BCUT2D eigenvalue weighted by atomic mass is 10.1. The van der Waals surface area contributed by atoms with Crippen LogP contribution in [-0.2, 0) is 15.5 Å². The average molecular weight is 325 g/mol. The van der Waals surface area contributed by atoms with Crippen molar-refractivity contribution in [2.75, 3.05) is 27.6 Å². The van der Waals surface area contributed by atoms with Gasteiger partial charge in [-0.25, -0.2) is 4.79 Å². The van der Waals surface area contributed by atoms with E-state index in [2.05, 4.69) is 9.72 Å². The molecule has 0 bridgehead atoms. The summed E-state index contributed by atoms with van der Waals surface area (Å²) in [5.41, 5.74) is -0.617. The number of aromatic amines is 1. The Hall–Kier alpha value is -2.35. The van der Waals surface area contributed by atoms with Crippen molar-refractivity contribution in [2.45, 2.75) is 5.03 Å². The molecular weight excluding hydrogens is 310 g/mol. The molecule has 118 valence electrons. The van der Waals surface area contributed by atoms with Gasteiger partial charge in [-0.3, -0.25) is 9.00 Å². The quantitative estimate of drug-likeness (QED) is 0.845. The maximum Gasteiger partial charge on any atom is 0.344 e. The molecule has 1 aromatic heterocycles. The maximum atomic E-state index is 12.7. The molecule has 0 aliphatic carbocycles. The fourth-order valence-corrected chi connectivity index (χ4v) is 2.87. The zero-order chi connectivity index (χ0) is 16.4. The summed E-state index contributed by atoms with van der Waals surface area (Å²) < 4.78 is 26.9. The number of hydrogen-bond donors (Lipinski definition) is 1. The molecule has 22 heavy (non-hydrogen) atoms. The number of rotatable bonds is 4. The number of fused-ring (bicyclic) bond motifs is 1. The summed E-state index contributed by atoms with van der Waals surface area (Å²) in [4.78, 5) is 27.5. The molecule has 0 saturated heterocycles. The molecule has 0 aliphatic heterocycles. The third-order valence-corrected chi connectivity index (χ3v) is 4.05. The molecule has 0 radical (unpaired) electrons. The van der Waals surface area contributed by atoms with Gasteiger partial charge in [-0.15, -0.1) is 0 Å². The zero-order valence-corrected chi connectivity index (χ0v) is 13.3. The first-order chi connectivity index (χ1) is 10.5. The van der Waals surface area contributed by atoms with Crippen LogP contribution in [0.2, 0.25) is 0 Å². The van der Waals surface area contributed by atoms with Crippen LogP contribution < -0.4 is 14.9 Å². The van der Waals surface area contributed by atoms with Crippen LogP contribution >= 0.6 is 0 Å². The second-order valence-electron chi connectivity index (χ2n) is 4.32. The monoisotopic (exact) mass is 325 g/mol. The Morgan fingerprint density at radius 2 is 1.73 bits per heavy atom. The van der Waals surface area contributed by atoms with Crippen molar-refractivity contribution < 1.29 is 23.2 Å². The van der Waals surface area contributed by atoms with Gasteiger partial charge in [0.2, 0.25) is 5.43 Å². The Balaban J connectivity index is 3.06. The van der Waals surface area contributed by atoms with Crippen LogP contribution in [0.25, 0.3) is 10.9 Å². The van der Waals surface area contributed by atoms with Crippen LogP contribution in [0.5, 0.6) is 11.5 Å². The van der Waals surface area contributed by atoms with Crippen molar-refractivity contribution >= 4 is 27.7 Å². The van der Waals surface area contributed by atoms with Gasteiger partial charge in [0.1, 0.15) is 22.1 Å². The van der Waals surface area contributed by atoms with Crippen LogP contribution in [-0.4, -0.2) is 42.7 Å². The lowest BCUT2D eigenvalue weighted by Crippen LogP contribution is -2.22. The Morgan fingerprint density at radius 3 is 2.23 bits per heavy atom. The summed E-state index contributed by atoms with van der Waals surface area (Å²) in [5, 5.41) is 0.118. The number of esters is 1. The molecular formula is C14H15NO6S. The van der Waals surface area contributed by atoms with E-state index in [0.29, 0.717) is 11.3 Å². The summed E-state index contributed by atoms with van der Waals surface area (Å²) in [5.74, 6) is -0.218. The Morgan fingerprint density at radius 1 is 1.14 bits per heavy atom. The van der Waals surface area contributed by atoms with Gasteiger partial charge in [-0.1, -0.05) is 0 Å². The molecule has 1 N–H and O–H groups in total. The number of H-pyrrole nitrogens is 1. The van der Waals surface area contributed by atoms with Gasteiger partial charge in [0.25, 0.3) is 0 Å². The van der Waals surface area contributed by atoms with E-state index in [0.717, 1.165) is 7.11 Å². The number of hydrogen-bond acceptors (Lipinski definition) is 6. The summed E-state index contributed by atoms with van der Waals surface area (Å²) in [6.45, 7) is 0. The number of aromatic nitrogens is 1. The first-order valence-electron chi connectivity index (χ1n) is 6.19. The zero-order valence-electron chi connectivity index (χ0n) is 12.5. The second kappa shape index (κ2) is 6.18. The highest BCUT2D eigenvalue weighted by Gasteiger charge is 2.25. The highest BCUT2D eigenvalue weighted by atomic mass is 32.2. The van der Waals surface area contributed by atoms with Gasteiger partial charge in [-0.05, 0) is 12.1 Å². The van der Waals surface area contributed by atoms with Crippen molar-refractivity contribution in [3.05, 3.63) is 27.9 Å². The van der Waals surface area contributed by atoms with Crippen molar-refractivity contribution in [3.8, 4) is 11.5 Å². The number of ether oxygens (including phenoxy) is 3. The molecule has 1 heterocycles. The summed E-state index contributed by atoms with van der Waals surface area (Å²) >= 11 is 0. The van der Waals surface area contributed by atoms with E-state index < -0.39 is 22.2 Å². The standard InChI is InChI=1S/C14H15NO6S/c1-19-7-5-6-8(20-2)11-9(7)12(16)10(14(17)21-3)13(15-11)22(4)18/h5-6H,1-4H3,(H,15,16). The number of pyridine rings is 1. The highest BCUT2D eigenvalue weighted by Crippen LogP contribution is 2.30. The molecule has 0 fully saturated rings. The molecule has 0 spiro atoms. The third kappa shape index (κ3) is 2.45. The minimum Gasteiger partial charge on any atom is -0.496 e. The Kier molecular flexibility index (Phi) is 4.51. The van der Waals surface area contributed by atoms with Gasteiger partial charge < -0.3 is 19.2 Å². The van der Waals surface area contributed by atoms with E-state index in [-0.39, 0.29) is 21.7 Å². The van der Waals surface area contributed by atoms with E-state index >= 15 is 0 Å². The first kappa shape index (κ1) is 16.0. The summed E-state index contributed by atoms with van der Waals surface area (Å²) in [7, 11) is 2.40. The molecule has 0 saturated carbocycles. The van der Waals surface area contributed by atoms with Crippen LogP contribution in [0.4, 0.5) is 0 Å². The van der Waals surface area contributed by atoms with E-state index in [1.54, 1.807) is 12.1 Å². The van der Waals surface area contributed by atoms with Crippen LogP contribution in [0, 0.1) is 0 Å². The largest absolute Gasteiger partial charge is 0.496 e. The van der Waals surface area contributed by atoms with Crippen LogP contribution in [0.1, 0.15) is 10.4 Å². The molecule has 1 unspecified atom stereocenters. The number of nitrogens with one attached hydrogen (secondary N) is 1. The topological polar surface area (TPSA) is 94.7 Å². The molecule has 8 heteroatoms. The van der Waals surface area contributed by atoms with Gasteiger partial charge in [0, 0.05) is 6.26 Å². The van der Waals surface area contributed by atoms with Crippen LogP contribution in [0.3, 0.4) is 0 Å². The molecule has 0 aliphatic rings. The maximum absolute atomic E-state index is 12.7. The lowest BCUT2D eigenvalue weighted by Gasteiger charge is -2.13. The lowest BCUT2D eigenvalue weighted by molar-refractivity contribution is 0.0594. The van der Waals surface area contributed by atoms with E-state index in [1.165, 1.54) is 20.5 Å². The van der Waals surface area contributed by atoms with Gasteiger partial charge >= 0.3 is 5.97 Å². The van der Waals surface area contributed by atoms with Crippen molar-refractivity contribution in [1.29, 1.82) is 0 Å². The van der Waals surface area contributed by atoms with Crippen molar-refractivity contribution in [3.63, 3.8) is 0 Å². The third-order valence-electron chi connectivity index (χ3n) is 3.17. The van der Waals surface area contributed by atoms with Gasteiger partial charge in [-0.2, -0.15) is 0 Å². The predicted molar refractivity (Wildman–Crippen MR) is 81.3 cm³/mol. The smallest absolute Gasteiger partial charge is 0.344 e. The van der Waals surface area contributed by atoms with Crippen LogP contribution in [0.15, 0.2) is 22.0 Å². The number of methoxy groups -OCH3 is 3. The number of carbonyl (C=O) groups is 1. The minimum absolute atomic E-state index is 0.0177. The average Bonchev–Trinajstić information content (AvgIpc) is 2.52. The van der Waals surface area contributed by atoms with E-state index in [4.69, 9.17) is 9.47 Å². The molecule has 2 aromatic rings. The fourth-order valence-electron chi connectivity index (χ4n) is 2.16. The first-order valence-corrected chi connectivity index (χ1v) is 7.74. The normalized spacial score (nSPS) is 12.0. The highest BCUT2D eigenvalue weighted by molar-refractivity contribution is 7.84. The van der Waals surface area contributed by atoms with Gasteiger partial charge in [0.05, 0.1) is 43.0 Å². The SMILES string of the molecule is COC(=O)c1c(S(C)=O)[nH]c2c(OC)ccc(OC)c2c1=O. The molecule has 1 atom stereocenters. The number of benzene rings is 1. The molecule has 0 amide bonds. The Bertz CT molecular complexity index is 826. The predicted octanol–water partition coefficient (Wildman–Crippen LogP) is 1.07. The van der Waals surface area contributed by atoms with E-state index in [9.17, 15) is 13.8 Å². The van der Waals surface area contributed by atoms with E-state index in [1.807, 2.05) is 0 Å². The summed E-state index contributed by atoms with van der Waals surface area (Å²) in [6, 6.07) is 3.16.